The molecule has 0 aromatic heterocycles. The standard InChI is InChI=1S/C15H13Cl2FN2O3/c1-7(2)12(20-14(22)10(16)11(17)15(20)23)13(21)19-9-6-4-3-5-8(9)18/h3-7,12H,1-2H3,(H,19,21)/t12-/m0/s1. The van der Waals surface area contributed by atoms with Crippen LogP contribution >= 0.6 is 23.2 Å². The van der Waals surface area contributed by atoms with Crippen LogP contribution < -0.4 is 5.32 Å². The first-order chi connectivity index (χ1) is 10.8. The van der Waals surface area contributed by atoms with Crippen LogP contribution in [0.25, 0.3) is 0 Å². The lowest BCUT2D eigenvalue weighted by Crippen LogP contribution is -2.50. The molecule has 0 saturated carbocycles. The number of hydrogen-bond acceptors (Lipinski definition) is 3. The number of anilines is 1. The molecular formula is C15H13Cl2FN2O3. The number of para-hydroxylation sites is 1. The SMILES string of the molecule is CC(C)[C@@H](C(=O)Nc1ccccc1F)N1C(=O)C(Cl)=C(Cl)C1=O. The molecule has 0 fully saturated rings. The van der Waals surface area contributed by atoms with E-state index in [0.717, 1.165) is 0 Å². The van der Waals surface area contributed by atoms with E-state index >= 15 is 0 Å². The molecule has 2 rings (SSSR count). The van der Waals surface area contributed by atoms with Gasteiger partial charge in [-0.15, -0.1) is 0 Å². The van der Waals surface area contributed by atoms with Crippen molar-refractivity contribution in [1.82, 2.24) is 4.90 Å². The van der Waals surface area contributed by atoms with Crippen LogP contribution in [0.2, 0.25) is 0 Å². The van der Waals surface area contributed by atoms with Gasteiger partial charge in [0.15, 0.2) is 0 Å². The van der Waals surface area contributed by atoms with E-state index in [9.17, 15) is 18.8 Å². The zero-order valence-corrected chi connectivity index (χ0v) is 13.8. The molecule has 1 aliphatic heterocycles. The Hall–Kier alpha value is -1.92. The second-order valence-corrected chi connectivity index (χ2v) is 6.02. The third-order valence-electron chi connectivity index (χ3n) is 3.32. The minimum atomic E-state index is -1.17. The molecule has 1 atom stereocenters. The van der Waals surface area contributed by atoms with Gasteiger partial charge in [-0.05, 0) is 18.1 Å². The van der Waals surface area contributed by atoms with Gasteiger partial charge in [-0.25, -0.2) is 4.39 Å². The molecule has 0 radical (unpaired) electrons. The van der Waals surface area contributed by atoms with E-state index in [4.69, 9.17) is 23.2 Å². The van der Waals surface area contributed by atoms with Crippen molar-refractivity contribution in [3.63, 3.8) is 0 Å². The molecule has 1 aliphatic rings. The zero-order chi connectivity index (χ0) is 17.3. The molecule has 1 heterocycles. The van der Waals surface area contributed by atoms with Crippen molar-refractivity contribution in [2.75, 3.05) is 5.32 Å². The van der Waals surface area contributed by atoms with Gasteiger partial charge in [0.25, 0.3) is 11.8 Å². The Bertz CT molecular complexity index is 694. The Labute approximate surface area is 142 Å². The highest BCUT2D eigenvalue weighted by molar-refractivity contribution is 6.58. The van der Waals surface area contributed by atoms with Crippen molar-refractivity contribution in [3.05, 3.63) is 40.1 Å². The van der Waals surface area contributed by atoms with Crippen molar-refractivity contribution >= 4 is 46.6 Å². The van der Waals surface area contributed by atoms with E-state index in [1.807, 2.05) is 0 Å². The predicted molar refractivity (Wildman–Crippen MR) is 84.2 cm³/mol. The van der Waals surface area contributed by atoms with Gasteiger partial charge in [-0.1, -0.05) is 49.2 Å². The van der Waals surface area contributed by atoms with Crippen molar-refractivity contribution < 1.29 is 18.8 Å². The first-order valence-electron chi connectivity index (χ1n) is 6.74. The van der Waals surface area contributed by atoms with E-state index in [-0.39, 0.29) is 5.69 Å². The van der Waals surface area contributed by atoms with Crippen LogP contribution in [0.3, 0.4) is 0 Å². The number of nitrogens with zero attached hydrogens (tertiary/aromatic N) is 1. The van der Waals surface area contributed by atoms with E-state index < -0.39 is 45.6 Å². The lowest BCUT2D eigenvalue weighted by Gasteiger charge is -2.28. The molecule has 0 bridgehead atoms. The molecule has 23 heavy (non-hydrogen) atoms. The van der Waals surface area contributed by atoms with Gasteiger partial charge in [0.05, 0.1) is 5.69 Å². The minimum Gasteiger partial charge on any atom is -0.322 e. The first-order valence-corrected chi connectivity index (χ1v) is 7.49. The molecular weight excluding hydrogens is 346 g/mol. The molecule has 3 amide bonds. The van der Waals surface area contributed by atoms with E-state index in [2.05, 4.69) is 5.32 Å². The molecule has 1 aromatic rings. The van der Waals surface area contributed by atoms with Crippen LogP contribution in [0.4, 0.5) is 10.1 Å². The van der Waals surface area contributed by atoms with Gasteiger partial charge in [0.2, 0.25) is 5.91 Å². The van der Waals surface area contributed by atoms with Gasteiger partial charge >= 0.3 is 0 Å². The largest absolute Gasteiger partial charge is 0.322 e. The number of carbonyl (C=O) groups excluding carboxylic acids is 3. The molecule has 0 unspecified atom stereocenters. The summed E-state index contributed by atoms with van der Waals surface area (Å²) in [6.45, 7) is 3.29. The van der Waals surface area contributed by atoms with Gasteiger partial charge in [-0.3, -0.25) is 19.3 Å². The summed E-state index contributed by atoms with van der Waals surface area (Å²) in [7, 11) is 0. The Balaban J connectivity index is 2.30. The quantitative estimate of drug-likeness (QED) is 0.841. The van der Waals surface area contributed by atoms with Crippen LogP contribution in [-0.4, -0.2) is 28.7 Å². The maximum Gasteiger partial charge on any atom is 0.274 e. The average molecular weight is 359 g/mol. The van der Waals surface area contributed by atoms with E-state index in [1.54, 1.807) is 19.9 Å². The topological polar surface area (TPSA) is 66.5 Å². The zero-order valence-electron chi connectivity index (χ0n) is 12.3. The summed E-state index contributed by atoms with van der Waals surface area (Å²) >= 11 is 11.4. The number of imide groups is 1. The molecule has 1 N–H and O–H groups in total. The fourth-order valence-electron chi connectivity index (χ4n) is 2.23. The Kier molecular flexibility index (Phi) is 5.06. The molecule has 0 saturated heterocycles. The minimum absolute atomic E-state index is 0.0487. The third kappa shape index (κ3) is 3.23. The molecule has 8 heteroatoms. The average Bonchev–Trinajstić information content (AvgIpc) is 2.67. The number of benzene rings is 1. The van der Waals surface area contributed by atoms with Gasteiger partial charge in [0, 0.05) is 0 Å². The summed E-state index contributed by atoms with van der Waals surface area (Å²) in [6, 6.07) is 4.41. The van der Waals surface area contributed by atoms with Gasteiger partial charge in [-0.2, -0.15) is 0 Å². The Morgan fingerprint density at radius 1 is 1.13 bits per heavy atom. The number of halogens is 3. The van der Waals surface area contributed by atoms with Gasteiger partial charge in [0.1, 0.15) is 21.9 Å². The van der Waals surface area contributed by atoms with Crippen molar-refractivity contribution in [1.29, 1.82) is 0 Å². The monoisotopic (exact) mass is 358 g/mol. The summed E-state index contributed by atoms with van der Waals surface area (Å²) in [4.78, 5) is 37.3. The van der Waals surface area contributed by atoms with Crippen LogP contribution in [0.15, 0.2) is 34.3 Å². The summed E-state index contributed by atoms with van der Waals surface area (Å²) in [6.07, 6.45) is 0. The number of carbonyl (C=O) groups is 3. The third-order valence-corrected chi connectivity index (χ3v) is 4.11. The number of rotatable bonds is 4. The highest BCUT2D eigenvalue weighted by Gasteiger charge is 2.45. The fourth-order valence-corrected chi connectivity index (χ4v) is 2.58. The molecule has 0 spiro atoms. The fraction of sp³-hybridized carbons (Fsp3) is 0.267. The maximum absolute atomic E-state index is 13.7. The van der Waals surface area contributed by atoms with E-state index in [1.165, 1.54) is 18.2 Å². The summed E-state index contributed by atoms with van der Waals surface area (Å²) < 4.78 is 13.7. The predicted octanol–water partition coefficient (Wildman–Crippen LogP) is 2.85. The normalized spacial score (nSPS) is 16.3. The number of amides is 3. The lowest BCUT2D eigenvalue weighted by molar-refractivity contribution is -0.145. The van der Waals surface area contributed by atoms with Crippen LogP contribution in [0.5, 0.6) is 0 Å². The second-order valence-electron chi connectivity index (χ2n) is 5.27. The first kappa shape index (κ1) is 17.4. The van der Waals surface area contributed by atoms with Crippen LogP contribution in [-0.2, 0) is 14.4 Å². The van der Waals surface area contributed by atoms with Crippen molar-refractivity contribution in [2.45, 2.75) is 19.9 Å². The van der Waals surface area contributed by atoms with Gasteiger partial charge < -0.3 is 5.32 Å². The number of nitrogens with one attached hydrogen (secondary N) is 1. The Morgan fingerprint density at radius 2 is 1.65 bits per heavy atom. The highest BCUT2D eigenvalue weighted by atomic mass is 35.5. The smallest absolute Gasteiger partial charge is 0.274 e. The van der Waals surface area contributed by atoms with E-state index in [0.29, 0.717) is 4.90 Å². The lowest BCUT2D eigenvalue weighted by atomic mass is 10.0. The van der Waals surface area contributed by atoms with Crippen molar-refractivity contribution in [2.24, 2.45) is 5.92 Å². The van der Waals surface area contributed by atoms with Crippen LogP contribution in [0, 0.1) is 11.7 Å². The highest BCUT2D eigenvalue weighted by Crippen LogP contribution is 2.30. The van der Waals surface area contributed by atoms with Crippen molar-refractivity contribution in [3.8, 4) is 0 Å². The molecule has 5 nitrogen and oxygen atoms in total. The summed E-state index contributed by atoms with van der Waals surface area (Å²) in [5.41, 5.74) is -0.0487. The Morgan fingerprint density at radius 3 is 2.13 bits per heavy atom. The summed E-state index contributed by atoms with van der Waals surface area (Å²) in [5, 5.41) is 1.52. The maximum atomic E-state index is 13.7. The molecule has 0 aliphatic carbocycles. The summed E-state index contributed by atoms with van der Waals surface area (Å²) in [5.74, 6) is -3.45. The molecule has 1 aromatic carbocycles. The van der Waals surface area contributed by atoms with Crippen LogP contribution in [0.1, 0.15) is 13.8 Å². The number of hydrogen-bond donors (Lipinski definition) is 1. The molecule has 122 valence electrons. The second kappa shape index (κ2) is 6.68.